The molecule has 116 valence electrons. The van der Waals surface area contributed by atoms with E-state index in [0.29, 0.717) is 13.1 Å². The van der Waals surface area contributed by atoms with E-state index in [1.807, 2.05) is 0 Å². The van der Waals surface area contributed by atoms with Crippen molar-refractivity contribution in [2.45, 2.75) is 30.8 Å². The Balaban J connectivity index is 2.48. The van der Waals surface area contributed by atoms with Crippen LogP contribution in [0, 0.1) is 15.9 Å². The summed E-state index contributed by atoms with van der Waals surface area (Å²) in [6, 6.07) is 2.05. The lowest BCUT2D eigenvalue weighted by atomic mass is 10.2. The van der Waals surface area contributed by atoms with Gasteiger partial charge in [-0.05, 0) is 26.0 Å². The Morgan fingerprint density at radius 1 is 1.33 bits per heavy atom. The molecular formula is C12H16FN3O4S. The first-order chi connectivity index (χ1) is 9.75. The van der Waals surface area contributed by atoms with Crippen LogP contribution in [0.4, 0.5) is 10.1 Å². The van der Waals surface area contributed by atoms with Crippen LogP contribution >= 0.6 is 0 Å². The predicted octanol–water partition coefficient (Wildman–Crippen LogP) is 1.10. The summed E-state index contributed by atoms with van der Waals surface area (Å²) in [4.78, 5) is 9.55. The SMILES string of the molecule is CC1CNCC(C)N1S(=O)(=O)c1ccc(F)c([N+](=O)[O-])c1. The summed E-state index contributed by atoms with van der Waals surface area (Å²) >= 11 is 0. The number of nitrogens with zero attached hydrogens (tertiary/aromatic N) is 2. The maximum absolute atomic E-state index is 13.3. The minimum Gasteiger partial charge on any atom is -0.314 e. The molecule has 0 aromatic heterocycles. The van der Waals surface area contributed by atoms with Gasteiger partial charge in [0.15, 0.2) is 0 Å². The number of sulfonamides is 1. The normalized spacial score (nSPS) is 24.0. The molecule has 0 amide bonds. The van der Waals surface area contributed by atoms with Crippen LogP contribution in [0.25, 0.3) is 0 Å². The lowest BCUT2D eigenvalue weighted by Gasteiger charge is -2.38. The van der Waals surface area contributed by atoms with Crippen LogP contribution in [0.3, 0.4) is 0 Å². The van der Waals surface area contributed by atoms with Crippen LogP contribution in [0.2, 0.25) is 0 Å². The zero-order valence-corrected chi connectivity index (χ0v) is 12.4. The second-order valence-electron chi connectivity index (χ2n) is 5.06. The van der Waals surface area contributed by atoms with Crippen molar-refractivity contribution in [2.24, 2.45) is 0 Å². The molecule has 1 fully saturated rings. The molecule has 21 heavy (non-hydrogen) atoms. The summed E-state index contributed by atoms with van der Waals surface area (Å²) in [5.41, 5.74) is -0.841. The number of halogens is 1. The third-order valence-electron chi connectivity index (χ3n) is 3.44. The first kappa shape index (κ1) is 15.8. The monoisotopic (exact) mass is 317 g/mol. The fourth-order valence-electron chi connectivity index (χ4n) is 2.50. The van der Waals surface area contributed by atoms with Crippen molar-refractivity contribution < 1.29 is 17.7 Å². The third kappa shape index (κ3) is 2.89. The number of nitro benzene ring substituents is 1. The van der Waals surface area contributed by atoms with E-state index < -0.39 is 26.5 Å². The lowest BCUT2D eigenvalue weighted by Crippen LogP contribution is -2.57. The summed E-state index contributed by atoms with van der Waals surface area (Å²) in [7, 11) is -3.91. The second kappa shape index (κ2) is 5.66. The molecule has 2 unspecified atom stereocenters. The largest absolute Gasteiger partial charge is 0.314 e. The molecule has 9 heteroatoms. The Morgan fingerprint density at radius 2 is 1.90 bits per heavy atom. The highest BCUT2D eigenvalue weighted by molar-refractivity contribution is 7.89. The molecule has 7 nitrogen and oxygen atoms in total. The smallest absolute Gasteiger partial charge is 0.306 e. The van der Waals surface area contributed by atoms with Crippen molar-refractivity contribution in [3.63, 3.8) is 0 Å². The molecular weight excluding hydrogens is 301 g/mol. The van der Waals surface area contributed by atoms with Crippen LogP contribution < -0.4 is 5.32 Å². The zero-order chi connectivity index (χ0) is 15.8. The van der Waals surface area contributed by atoms with E-state index >= 15 is 0 Å². The molecule has 0 radical (unpaired) electrons. The van der Waals surface area contributed by atoms with Crippen LogP contribution in [-0.2, 0) is 10.0 Å². The van der Waals surface area contributed by atoms with Crippen LogP contribution in [0.1, 0.15) is 13.8 Å². The van der Waals surface area contributed by atoms with Crippen molar-refractivity contribution in [1.29, 1.82) is 0 Å². The van der Waals surface area contributed by atoms with Crippen molar-refractivity contribution >= 4 is 15.7 Å². The second-order valence-corrected chi connectivity index (χ2v) is 6.90. The third-order valence-corrected chi connectivity index (χ3v) is 5.56. The molecule has 1 heterocycles. The Kier molecular flexibility index (Phi) is 4.26. The van der Waals surface area contributed by atoms with Gasteiger partial charge < -0.3 is 5.32 Å². The van der Waals surface area contributed by atoms with Crippen molar-refractivity contribution in [3.8, 4) is 0 Å². The van der Waals surface area contributed by atoms with Gasteiger partial charge in [0.2, 0.25) is 15.8 Å². The van der Waals surface area contributed by atoms with Crippen LogP contribution in [0.5, 0.6) is 0 Å². The van der Waals surface area contributed by atoms with E-state index in [1.165, 1.54) is 4.31 Å². The summed E-state index contributed by atoms with van der Waals surface area (Å²) in [6.07, 6.45) is 0. The Morgan fingerprint density at radius 3 is 2.43 bits per heavy atom. The van der Waals surface area contributed by atoms with Gasteiger partial charge in [0.1, 0.15) is 0 Å². The number of rotatable bonds is 3. The van der Waals surface area contributed by atoms with E-state index in [9.17, 15) is 22.9 Å². The summed E-state index contributed by atoms with van der Waals surface area (Å²) in [5.74, 6) is -1.06. The molecule has 2 rings (SSSR count). The number of hydrogen-bond acceptors (Lipinski definition) is 5. The first-order valence-electron chi connectivity index (χ1n) is 6.43. The molecule has 2 atom stereocenters. The van der Waals surface area contributed by atoms with E-state index in [1.54, 1.807) is 13.8 Å². The molecule has 0 aliphatic carbocycles. The molecule has 1 aromatic carbocycles. The molecule has 1 saturated heterocycles. The average Bonchev–Trinajstić information content (AvgIpc) is 2.38. The van der Waals surface area contributed by atoms with E-state index in [0.717, 1.165) is 18.2 Å². The van der Waals surface area contributed by atoms with Gasteiger partial charge in [-0.1, -0.05) is 0 Å². The fourth-order valence-corrected chi connectivity index (χ4v) is 4.34. The van der Waals surface area contributed by atoms with E-state index in [-0.39, 0.29) is 17.0 Å². The zero-order valence-electron chi connectivity index (χ0n) is 11.6. The molecule has 1 aliphatic rings. The highest BCUT2D eigenvalue weighted by Gasteiger charge is 2.36. The van der Waals surface area contributed by atoms with Gasteiger partial charge in [0.05, 0.1) is 9.82 Å². The Labute approximate surface area is 122 Å². The van der Waals surface area contributed by atoms with Crippen molar-refractivity contribution in [3.05, 3.63) is 34.1 Å². The predicted molar refractivity (Wildman–Crippen MR) is 73.9 cm³/mol. The Bertz CT molecular complexity index is 654. The van der Waals surface area contributed by atoms with Crippen LogP contribution in [0.15, 0.2) is 23.1 Å². The molecule has 1 aromatic rings. The van der Waals surface area contributed by atoms with Gasteiger partial charge in [0.25, 0.3) is 0 Å². The highest BCUT2D eigenvalue weighted by Crippen LogP contribution is 2.27. The standard InChI is InChI=1S/C12H16FN3O4S/c1-8-6-14-7-9(2)15(8)21(19,20)10-3-4-11(13)12(5-10)16(17)18/h3-5,8-9,14H,6-7H2,1-2H3. The number of hydrogen-bond donors (Lipinski definition) is 1. The van der Waals surface area contributed by atoms with Crippen molar-refractivity contribution in [1.82, 2.24) is 9.62 Å². The molecule has 1 N–H and O–H groups in total. The minimum absolute atomic E-state index is 0.267. The van der Waals surface area contributed by atoms with Gasteiger partial charge in [-0.15, -0.1) is 0 Å². The maximum Gasteiger partial charge on any atom is 0.306 e. The van der Waals surface area contributed by atoms with Crippen LogP contribution in [-0.4, -0.2) is 42.8 Å². The number of nitro groups is 1. The molecule has 0 bridgehead atoms. The lowest BCUT2D eigenvalue weighted by molar-refractivity contribution is -0.387. The van der Waals surface area contributed by atoms with Gasteiger partial charge >= 0.3 is 5.69 Å². The highest BCUT2D eigenvalue weighted by atomic mass is 32.2. The topological polar surface area (TPSA) is 92.6 Å². The summed E-state index contributed by atoms with van der Waals surface area (Å²) in [5, 5.41) is 13.9. The fraction of sp³-hybridized carbons (Fsp3) is 0.500. The minimum atomic E-state index is -3.91. The van der Waals surface area contributed by atoms with Gasteiger partial charge in [-0.3, -0.25) is 10.1 Å². The number of piperazine rings is 1. The van der Waals surface area contributed by atoms with E-state index in [4.69, 9.17) is 0 Å². The van der Waals surface area contributed by atoms with E-state index in [2.05, 4.69) is 5.32 Å². The van der Waals surface area contributed by atoms with Crippen molar-refractivity contribution in [2.75, 3.05) is 13.1 Å². The van der Waals surface area contributed by atoms with Gasteiger partial charge in [-0.25, -0.2) is 8.42 Å². The maximum atomic E-state index is 13.3. The first-order valence-corrected chi connectivity index (χ1v) is 7.87. The summed E-state index contributed by atoms with van der Waals surface area (Å²) in [6.45, 7) is 4.48. The number of benzene rings is 1. The average molecular weight is 317 g/mol. The Hall–Kier alpha value is -1.58. The molecule has 0 saturated carbocycles. The molecule has 0 spiro atoms. The quantitative estimate of drug-likeness (QED) is 0.666. The van der Waals surface area contributed by atoms with Gasteiger partial charge in [-0.2, -0.15) is 8.70 Å². The molecule has 1 aliphatic heterocycles. The van der Waals surface area contributed by atoms with Gasteiger partial charge in [0, 0.05) is 31.2 Å². The summed E-state index contributed by atoms with van der Waals surface area (Å²) < 4.78 is 39.9. The number of nitrogens with one attached hydrogen (secondary N) is 1.